The molecule has 0 saturated heterocycles. The number of hydrogen-bond acceptors (Lipinski definition) is 5. The molecule has 1 fully saturated rings. The van der Waals surface area contributed by atoms with E-state index in [1.165, 1.54) is 12.1 Å². The zero-order valence-corrected chi connectivity index (χ0v) is 12.3. The Morgan fingerprint density at radius 2 is 1.95 bits per heavy atom. The number of ether oxygens (including phenoxy) is 1. The third-order valence-corrected chi connectivity index (χ3v) is 4.04. The molecule has 4 N–H and O–H groups in total. The molecule has 0 bridgehead atoms. The van der Waals surface area contributed by atoms with Crippen LogP contribution >= 0.6 is 0 Å². The van der Waals surface area contributed by atoms with Gasteiger partial charge >= 0.3 is 5.97 Å². The highest BCUT2D eigenvalue weighted by Crippen LogP contribution is 2.27. The van der Waals surface area contributed by atoms with E-state index in [0.29, 0.717) is 11.5 Å². The van der Waals surface area contributed by atoms with Crippen LogP contribution in [0.15, 0.2) is 18.2 Å². The summed E-state index contributed by atoms with van der Waals surface area (Å²) in [5, 5.41) is 18.7. The molecule has 0 amide bonds. The lowest BCUT2D eigenvalue weighted by atomic mass is 9.89. The van der Waals surface area contributed by atoms with Crippen LogP contribution in [0, 0.1) is 5.92 Å². The molecule has 0 aliphatic heterocycles. The third-order valence-electron chi connectivity index (χ3n) is 4.04. The number of carbonyl (C=O) groups is 1. The second-order valence-corrected chi connectivity index (χ2v) is 5.95. The minimum Gasteiger partial charge on any atom is -0.504 e. The molecule has 2 rings (SSSR count). The molecule has 1 aromatic carbocycles. The lowest BCUT2D eigenvalue weighted by Crippen LogP contribution is -2.37. The van der Waals surface area contributed by atoms with Crippen molar-refractivity contribution in [2.45, 2.75) is 51.2 Å². The van der Waals surface area contributed by atoms with Gasteiger partial charge in [-0.15, -0.1) is 0 Å². The van der Waals surface area contributed by atoms with Crippen LogP contribution in [0.4, 0.5) is 0 Å². The quantitative estimate of drug-likeness (QED) is 0.584. The van der Waals surface area contributed by atoms with Crippen LogP contribution in [0.3, 0.4) is 0 Å². The average molecular weight is 293 g/mol. The Bertz CT molecular complexity index is 495. The van der Waals surface area contributed by atoms with Gasteiger partial charge in [0.25, 0.3) is 0 Å². The van der Waals surface area contributed by atoms with Gasteiger partial charge in [-0.2, -0.15) is 0 Å². The summed E-state index contributed by atoms with van der Waals surface area (Å²) < 4.78 is 5.45. The number of nitrogens with two attached hydrogens (primary N) is 1. The molecule has 1 aromatic rings. The standard InChI is InChI=1S/C16H23NO4/c1-10-2-5-12(6-3-10)21-16(20)13(17)8-11-4-7-14(18)15(19)9-11/h4,7,9-10,12-13,18-19H,2-3,5-6,8,17H2,1H3. The van der Waals surface area contributed by atoms with E-state index in [9.17, 15) is 15.0 Å². The molecular weight excluding hydrogens is 270 g/mol. The predicted molar refractivity (Wildman–Crippen MR) is 79.0 cm³/mol. The molecule has 0 aromatic heterocycles. The Labute approximate surface area is 124 Å². The summed E-state index contributed by atoms with van der Waals surface area (Å²) in [4.78, 5) is 12.0. The van der Waals surface area contributed by atoms with E-state index in [4.69, 9.17) is 10.5 Å². The fraction of sp³-hybridized carbons (Fsp3) is 0.562. The topological polar surface area (TPSA) is 92.8 Å². The van der Waals surface area contributed by atoms with Gasteiger partial charge in [0.05, 0.1) is 0 Å². The number of phenolic OH excluding ortho intramolecular Hbond substituents is 2. The van der Waals surface area contributed by atoms with Gasteiger partial charge in [0.2, 0.25) is 0 Å². The van der Waals surface area contributed by atoms with Crippen molar-refractivity contribution in [3.63, 3.8) is 0 Å². The van der Waals surface area contributed by atoms with Crippen molar-refractivity contribution < 1.29 is 19.7 Å². The number of esters is 1. The minimum absolute atomic E-state index is 0.0204. The first-order valence-electron chi connectivity index (χ1n) is 7.42. The molecule has 0 radical (unpaired) electrons. The summed E-state index contributed by atoms with van der Waals surface area (Å²) in [6.45, 7) is 2.21. The first-order chi connectivity index (χ1) is 9.95. The highest BCUT2D eigenvalue weighted by Gasteiger charge is 2.24. The van der Waals surface area contributed by atoms with E-state index in [2.05, 4.69) is 6.92 Å². The van der Waals surface area contributed by atoms with Gasteiger partial charge in [-0.25, -0.2) is 0 Å². The van der Waals surface area contributed by atoms with Crippen LogP contribution in [-0.4, -0.2) is 28.3 Å². The van der Waals surface area contributed by atoms with Gasteiger partial charge in [-0.1, -0.05) is 13.0 Å². The van der Waals surface area contributed by atoms with Gasteiger partial charge in [0, 0.05) is 0 Å². The summed E-state index contributed by atoms with van der Waals surface area (Å²) in [6, 6.07) is 3.66. The van der Waals surface area contributed by atoms with Gasteiger partial charge in [-0.3, -0.25) is 4.79 Å². The molecule has 21 heavy (non-hydrogen) atoms. The monoisotopic (exact) mass is 293 g/mol. The summed E-state index contributed by atoms with van der Waals surface area (Å²) >= 11 is 0. The van der Waals surface area contributed by atoms with Crippen LogP contribution in [0.1, 0.15) is 38.2 Å². The summed E-state index contributed by atoms with van der Waals surface area (Å²) in [7, 11) is 0. The van der Waals surface area contributed by atoms with Crippen molar-refractivity contribution >= 4 is 5.97 Å². The molecule has 0 spiro atoms. The minimum atomic E-state index is -0.756. The maximum Gasteiger partial charge on any atom is 0.323 e. The molecule has 1 saturated carbocycles. The van der Waals surface area contributed by atoms with Crippen molar-refractivity contribution in [2.24, 2.45) is 11.7 Å². The van der Waals surface area contributed by atoms with Crippen molar-refractivity contribution in [3.05, 3.63) is 23.8 Å². The molecule has 5 heteroatoms. The SMILES string of the molecule is CC1CCC(OC(=O)C(N)Cc2ccc(O)c(O)c2)CC1. The lowest BCUT2D eigenvalue weighted by molar-refractivity contribution is -0.152. The summed E-state index contributed by atoms with van der Waals surface area (Å²) in [5.41, 5.74) is 6.55. The Morgan fingerprint density at radius 3 is 2.57 bits per heavy atom. The smallest absolute Gasteiger partial charge is 0.323 e. The van der Waals surface area contributed by atoms with Crippen molar-refractivity contribution in [1.29, 1.82) is 0 Å². The fourth-order valence-electron chi connectivity index (χ4n) is 2.63. The Kier molecular flexibility index (Phi) is 5.07. The predicted octanol–water partition coefficient (Wildman–Crippen LogP) is 2.09. The number of benzene rings is 1. The molecule has 1 unspecified atom stereocenters. The first-order valence-corrected chi connectivity index (χ1v) is 7.42. The second kappa shape index (κ2) is 6.80. The molecule has 1 aliphatic rings. The fourth-order valence-corrected chi connectivity index (χ4v) is 2.63. The number of rotatable bonds is 4. The average Bonchev–Trinajstić information content (AvgIpc) is 2.45. The van der Waals surface area contributed by atoms with Gasteiger partial charge < -0.3 is 20.7 Å². The highest BCUT2D eigenvalue weighted by molar-refractivity contribution is 5.76. The molecule has 0 heterocycles. The van der Waals surface area contributed by atoms with Gasteiger partial charge in [0.1, 0.15) is 12.1 Å². The second-order valence-electron chi connectivity index (χ2n) is 5.95. The van der Waals surface area contributed by atoms with E-state index in [1.807, 2.05) is 0 Å². The van der Waals surface area contributed by atoms with E-state index >= 15 is 0 Å². The number of hydrogen-bond donors (Lipinski definition) is 3. The lowest BCUT2D eigenvalue weighted by Gasteiger charge is -2.27. The van der Waals surface area contributed by atoms with E-state index < -0.39 is 12.0 Å². The first kappa shape index (κ1) is 15.6. The van der Waals surface area contributed by atoms with E-state index in [1.54, 1.807) is 6.07 Å². The maximum atomic E-state index is 12.0. The maximum absolute atomic E-state index is 12.0. The van der Waals surface area contributed by atoms with Crippen LogP contribution < -0.4 is 5.73 Å². The molecule has 5 nitrogen and oxygen atoms in total. The van der Waals surface area contributed by atoms with E-state index in [-0.39, 0.29) is 24.0 Å². The molecular formula is C16H23NO4. The summed E-state index contributed by atoms with van der Waals surface area (Å²) in [5.74, 6) is -0.101. The zero-order valence-electron chi connectivity index (χ0n) is 12.3. The highest BCUT2D eigenvalue weighted by atomic mass is 16.5. The van der Waals surface area contributed by atoms with Crippen LogP contribution in [0.2, 0.25) is 0 Å². The normalized spacial score (nSPS) is 23.5. The third kappa shape index (κ3) is 4.36. The van der Waals surface area contributed by atoms with Crippen molar-refractivity contribution in [1.82, 2.24) is 0 Å². The number of carbonyl (C=O) groups excluding carboxylic acids is 1. The Morgan fingerprint density at radius 1 is 1.29 bits per heavy atom. The number of phenols is 2. The van der Waals surface area contributed by atoms with Crippen LogP contribution in [-0.2, 0) is 16.0 Å². The van der Waals surface area contributed by atoms with Gasteiger partial charge in [-0.05, 0) is 55.7 Å². The van der Waals surface area contributed by atoms with Crippen LogP contribution in [0.5, 0.6) is 11.5 Å². The molecule has 116 valence electrons. The number of aromatic hydroxyl groups is 2. The Hall–Kier alpha value is -1.75. The van der Waals surface area contributed by atoms with Crippen LogP contribution in [0.25, 0.3) is 0 Å². The molecule has 1 aliphatic carbocycles. The van der Waals surface area contributed by atoms with Crippen molar-refractivity contribution in [2.75, 3.05) is 0 Å². The Balaban J connectivity index is 1.86. The largest absolute Gasteiger partial charge is 0.504 e. The summed E-state index contributed by atoms with van der Waals surface area (Å²) in [6.07, 6.45) is 4.22. The molecule has 1 atom stereocenters. The van der Waals surface area contributed by atoms with E-state index in [0.717, 1.165) is 25.7 Å². The van der Waals surface area contributed by atoms with Gasteiger partial charge in [0.15, 0.2) is 11.5 Å². The zero-order chi connectivity index (χ0) is 15.4. The van der Waals surface area contributed by atoms with Crippen molar-refractivity contribution in [3.8, 4) is 11.5 Å².